The van der Waals surface area contributed by atoms with Crippen molar-refractivity contribution in [1.82, 2.24) is 4.90 Å². The van der Waals surface area contributed by atoms with Gasteiger partial charge in [0.2, 0.25) is 0 Å². The summed E-state index contributed by atoms with van der Waals surface area (Å²) in [5, 5.41) is 0. The first-order chi connectivity index (χ1) is 5.81. The molecule has 1 nitrogen and oxygen atoms in total. The van der Waals surface area contributed by atoms with Gasteiger partial charge >= 0.3 is 0 Å². The highest BCUT2D eigenvalue weighted by Gasteiger charge is 2.42. The van der Waals surface area contributed by atoms with Crippen molar-refractivity contribution in [3.05, 3.63) is 12.7 Å². The number of likely N-dealkylation sites (tertiary alicyclic amines) is 1. The third-order valence-electron chi connectivity index (χ3n) is 3.23. The minimum atomic E-state index is -0.523. The SMILES string of the molecule is C=CCN1CC2CCC(F)C2C1. The van der Waals surface area contributed by atoms with E-state index in [0.717, 1.165) is 32.5 Å². The second-order valence-corrected chi connectivity index (χ2v) is 4.02. The molecule has 2 heteroatoms. The lowest BCUT2D eigenvalue weighted by Crippen LogP contribution is -2.23. The Morgan fingerprint density at radius 2 is 2.25 bits per heavy atom. The van der Waals surface area contributed by atoms with E-state index in [1.54, 1.807) is 0 Å². The number of halogens is 1. The number of rotatable bonds is 2. The van der Waals surface area contributed by atoms with Crippen LogP contribution in [0, 0.1) is 11.8 Å². The maximum Gasteiger partial charge on any atom is 0.104 e. The molecule has 12 heavy (non-hydrogen) atoms. The van der Waals surface area contributed by atoms with E-state index in [4.69, 9.17) is 0 Å². The van der Waals surface area contributed by atoms with Gasteiger partial charge in [-0.2, -0.15) is 0 Å². The minimum absolute atomic E-state index is 0.338. The van der Waals surface area contributed by atoms with Crippen LogP contribution in [0.15, 0.2) is 12.7 Å². The van der Waals surface area contributed by atoms with E-state index in [1.807, 2.05) is 6.08 Å². The van der Waals surface area contributed by atoms with Crippen molar-refractivity contribution in [2.75, 3.05) is 19.6 Å². The molecule has 1 saturated carbocycles. The molecule has 2 fully saturated rings. The predicted molar refractivity (Wildman–Crippen MR) is 47.7 cm³/mol. The van der Waals surface area contributed by atoms with Crippen molar-refractivity contribution < 1.29 is 4.39 Å². The van der Waals surface area contributed by atoms with Crippen LogP contribution in [0.3, 0.4) is 0 Å². The quantitative estimate of drug-likeness (QED) is 0.570. The zero-order chi connectivity index (χ0) is 8.55. The van der Waals surface area contributed by atoms with E-state index in [1.165, 1.54) is 0 Å². The van der Waals surface area contributed by atoms with Gasteiger partial charge in [-0.15, -0.1) is 6.58 Å². The standard InChI is InChI=1S/C10H16FN/c1-2-5-12-6-8-3-4-10(11)9(8)7-12/h2,8-10H,1,3-7H2. The Morgan fingerprint density at radius 3 is 2.92 bits per heavy atom. The second kappa shape index (κ2) is 3.17. The van der Waals surface area contributed by atoms with Crippen LogP contribution in [0.2, 0.25) is 0 Å². The molecule has 0 radical (unpaired) electrons. The van der Waals surface area contributed by atoms with E-state index >= 15 is 0 Å². The molecule has 68 valence electrons. The van der Waals surface area contributed by atoms with E-state index in [0.29, 0.717) is 11.8 Å². The Bertz CT molecular complexity index is 181. The van der Waals surface area contributed by atoms with Crippen LogP contribution in [0.1, 0.15) is 12.8 Å². The van der Waals surface area contributed by atoms with Crippen LogP contribution in [-0.4, -0.2) is 30.7 Å². The summed E-state index contributed by atoms with van der Waals surface area (Å²) in [6.45, 7) is 6.68. The topological polar surface area (TPSA) is 3.24 Å². The molecule has 0 aromatic rings. The van der Waals surface area contributed by atoms with E-state index in [9.17, 15) is 4.39 Å². The molecule has 0 bridgehead atoms. The Labute approximate surface area is 73.2 Å². The highest BCUT2D eigenvalue weighted by atomic mass is 19.1. The zero-order valence-electron chi connectivity index (χ0n) is 7.38. The fourth-order valence-corrected chi connectivity index (χ4v) is 2.62. The molecule has 0 aromatic heterocycles. The molecular weight excluding hydrogens is 153 g/mol. The van der Waals surface area contributed by atoms with Gasteiger partial charge in [0.1, 0.15) is 6.17 Å². The third-order valence-corrected chi connectivity index (χ3v) is 3.23. The largest absolute Gasteiger partial charge is 0.299 e. The normalized spacial score (nSPS) is 41.6. The molecule has 0 aromatic carbocycles. The van der Waals surface area contributed by atoms with Crippen molar-refractivity contribution in [1.29, 1.82) is 0 Å². The summed E-state index contributed by atoms with van der Waals surface area (Å²) in [4.78, 5) is 2.31. The van der Waals surface area contributed by atoms with Gasteiger partial charge in [-0.3, -0.25) is 4.90 Å². The van der Waals surface area contributed by atoms with Crippen LogP contribution in [0.5, 0.6) is 0 Å². The minimum Gasteiger partial charge on any atom is -0.299 e. The maximum absolute atomic E-state index is 13.2. The summed E-state index contributed by atoms with van der Waals surface area (Å²) >= 11 is 0. The van der Waals surface area contributed by atoms with Crippen LogP contribution in [0.4, 0.5) is 4.39 Å². The molecule has 1 aliphatic heterocycles. The summed E-state index contributed by atoms with van der Waals surface area (Å²) in [7, 11) is 0. The Morgan fingerprint density at radius 1 is 1.42 bits per heavy atom. The second-order valence-electron chi connectivity index (χ2n) is 4.02. The highest BCUT2D eigenvalue weighted by Crippen LogP contribution is 2.39. The predicted octanol–water partition coefficient (Wildman–Crippen LogP) is 1.85. The fourth-order valence-electron chi connectivity index (χ4n) is 2.62. The first kappa shape index (κ1) is 8.24. The van der Waals surface area contributed by atoms with Crippen molar-refractivity contribution in [3.63, 3.8) is 0 Å². The molecule has 3 unspecified atom stereocenters. The van der Waals surface area contributed by atoms with Crippen LogP contribution in [-0.2, 0) is 0 Å². The molecule has 0 spiro atoms. The van der Waals surface area contributed by atoms with Gasteiger partial charge in [0.05, 0.1) is 0 Å². The molecule has 2 aliphatic rings. The average molecular weight is 169 g/mol. The van der Waals surface area contributed by atoms with E-state index < -0.39 is 6.17 Å². The third kappa shape index (κ3) is 1.28. The zero-order valence-corrected chi connectivity index (χ0v) is 7.38. The molecule has 3 atom stereocenters. The lowest BCUT2D eigenvalue weighted by atomic mass is 10.0. The molecule has 0 amide bonds. The maximum atomic E-state index is 13.2. The summed E-state index contributed by atoms with van der Waals surface area (Å²) in [5.41, 5.74) is 0. The van der Waals surface area contributed by atoms with Crippen molar-refractivity contribution in [2.24, 2.45) is 11.8 Å². The van der Waals surface area contributed by atoms with Crippen LogP contribution >= 0.6 is 0 Å². The lowest BCUT2D eigenvalue weighted by Gasteiger charge is -2.14. The number of alkyl halides is 1. The van der Waals surface area contributed by atoms with Crippen LogP contribution < -0.4 is 0 Å². The summed E-state index contributed by atoms with van der Waals surface area (Å²) in [6.07, 6.45) is 3.29. The van der Waals surface area contributed by atoms with Gasteiger partial charge in [0.25, 0.3) is 0 Å². The number of fused-ring (bicyclic) bond motifs is 1. The fraction of sp³-hybridized carbons (Fsp3) is 0.800. The molecular formula is C10H16FN. The van der Waals surface area contributed by atoms with E-state index in [2.05, 4.69) is 11.5 Å². The van der Waals surface area contributed by atoms with Crippen molar-refractivity contribution in [3.8, 4) is 0 Å². The molecule has 2 rings (SSSR count). The molecule has 1 aliphatic carbocycles. The van der Waals surface area contributed by atoms with Crippen LogP contribution in [0.25, 0.3) is 0 Å². The Balaban J connectivity index is 1.93. The summed E-state index contributed by atoms with van der Waals surface area (Å²) < 4.78 is 13.2. The van der Waals surface area contributed by atoms with Gasteiger partial charge in [-0.05, 0) is 18.8 Å². The molecule has 1 saturated heterocycles. The van der Waals surface area contributed by atoms with Crippen molar-refractivity contribution in [2.45, 2.75) is 19.0 Å². The molecule has 0 N–H and O–H groups in total. The average Bonchev–Trinajstić information content (AvgIpc) is 2.55. The van der Waals surface area contributed by atoms with Gasteiger partial charge in [-0.1, -0.05) is 6.08 Å². The van der Waals surface area contributed by atoms with Gasteiger partial charge < -0.3 is 0 Å². The molecule has 1 heterocycles. The number of hydrogen-bond donors (Lipinski definition) is 0. The first-order valence-electron chi connectivity index (χ1n) is 4.78. The van der Waals surface area contributed by atoms with Gasteiger partial charge in [0, 0.05) is 25.6 Å². The number of hydrogen-bond acceptors (Lipinski definition) is 1. The van der Waals surface area contributed by atoms with Gasteiger partial charge in [0.15, 0.2) is 0 Å². The first-order valence-corrected chi connectivity index (χ1v) is 4.78. The number of nitrogens with zero attached hydrogens (tertiary/aromatic N) is 1. The summed E-state index contributed by atoms with van der Waals surface area (Å²) in [6, 6.07) is 0. The Kier molecular flexibility index (Phi) is 2.18. The van der Waals surface area contributed by atoms with Crippen molar-refractivity contribution >= 4 is 0 Å². The highest BCUT2D eigenvalue weighted by molar-refractivity contribution is 4.95. The monoisotopic (exact) mass is 169 g/mol. The van der Waals surface area contributed by atoms with Gasteiger partial charge in [-0.25, -0.2) is 4.39 Å². The summed E-state index contributed by atoms with van der Waals surface area (Å²) in [5.74, 6) is 0.977. The smallest absolute Gasteiger partial charge is 0.104 e. The Hall–Kier alpha value is -0.370. The lowest BCUT2D eigenvalue weighted by molar-refractivity contribution is 0.240. The van der Waals surface area contributed by atoms with E-state index in [-0.39, 0.29) is 0 Å².